The monoisotopic (exact) mass is 483 g/mol. The summed E-state index contributed by atoms with van der Waals surface area (Å²) in [6, 6.07) is 0. The Kier molecular flexibility index (Phi) is 12.0. The van der Waals surface area contributed by atoms with Gasteiger partial charge in [-0.25, -0.2) is 0 Å². The molecule has 2 saturated heterocycles. The summed E-state index contributed by atoms with van der Waals surface area (Å²) in [5, 5.41) is 6.86. The third-order valence-corrected chi connectivity index (χ3v) is 5.30. The number of guanidine groups is 1. The Hall–Kier alpha value is -0.160. The summed E-state index contributed by atoms with van der Waals surface area (Å²) in [7, 11) is 4.31. The van der Waals surface area contributed by atoms with Crippen LogP contribution in [0.5, 0.6) is 0 Å². The van der Waals surface area contributed by atoms with Crippen molar-refractivity contribution < 1.29 is 9.47 Å². The van der Waals surface area contributed by atoms with Crippen LogP contribution in [0.15, 0.2) is 4.99 Å². The molecule has 0 bridgehead atoms. The molecule has 8 heteroatoms. The minimum absolute atomic E-state index is 0. The molecule has 0 aromatic carbocycles. The van der Waals surface area contributed by atoms with Gasteiger partial charge in [0.2, 0.25) is 0 Å². The molecule has 0 amide bonds. The van der Waals surface area contributed by atoms with Gasteiger partial charge in [-0.3, -0.25) is 9.89 Å². The van der Waals surface area contributed by atoms with Crippen molar-refractivity contribution in [3.8, 4) is 0 Å². The number of ether oxygens (including phenoxy) is 2. The maximum absolute atomic E-state index is 5.55. The molecule has 7 nitrogen and oxygen atoms in total. The topological polar surface area (TPSA) is 61.4 Å². The first kappa shape index (κ1) is 23.9. The molecular weight excluding hydrogens is 445 g/mol. The zero-order valence-corrected chi connectivity index (χ0v) is 19.1. The lowest BCUT2D eigenvalue weighted by Gasteiger charge is -2.41. The van der Waals surface area contributed by atoms with Crippen molar-refractivity contribution in [3.63, 3.8) is 0 Å². The molecule has 0 aliphatic carbocycles. The number of halogens is 1. The molecule has 2 aliphatic heterocycles. The van der Waals surface area contributed by atoms with Crippen molar-refractivity contribution in [2.75, 3.05) is 79.8 Å². The zero-order chi connectivity index (χ0) is 18.0. The summed E-state index contributed by atoms with van der Waals surface area (Å²) in [6.45, 7) is 11.4. The lowest BCUT2D eigenvalue weighted by atomic mass is 9.89. The SMILES string of the molecule is CCNC(=NCC1(N(C)C)CCOCC1)NCCCN1CCOCC1.I. The van der Waals surface area contributed by atoms with E-state index in [2.05, 4.69) is 41.5 Å². The smallest absolute Gasteiger partial charge is 0.191 e. The molecule has 2 aliphatic rings. The largest absolute Gasteiger partial charge is 0.381 e. The van der Waals surface area contributed by atoms with Crippen molar-refractivity contribution in [3.05, 3.63) is 0 Å². The Labute approximate surface area is 176 Å². The number of nitrogens with one attached hydrogen (secondary N) is 2. The van der Waals surface area contributed by atoms with E-state index in [0.29, 0.717) is 0 Å². The van der Waals surface area contributed by atoms with Crippen molar-refractivity contribution in [2.45, 2.75) is 31.7 Å². The summed E-state index contributed by atoms with van der Waals surface area (Å²) >= 11 is 0. The Morgan fingerprint density at radius 3 is 2.35 bits per heavy atom. The lowest BCUT2D eigenvalue weighted by Crippen LogP contribution is -2.51. The van der Waals surface area contributed by atoms with Crippen LogP contribution in [0.25, 0.3) is 0 Å². The van der Waals surface area contributed by atoms with E-state index in [1.165, 1.54) is 0 Å². The average molecular weight is 483 g/mol. The predicted molar refractivity (Wildman–Crippen MR) is 118 cm³/mol. The van der Waals surface area contributed by atoms with Crippen LogP contribution < -0.4 is 10.6 Å². The highest BCUT2D eigenvalue weighted by molar-refractivity contribution is 14.0. The minimum Gasteiger partial charge on any atom is -0.381 e. The number of morpholine rings is 1. The van der Waals surface area contributed by atoms with E-state index in [4.69, 9.17) is 14.5 Å². The number of hydrogen-bond acceptors (Lipinski definition) is 5. The minimum atomic E-state index is 0. The summed E-state index contributed by atoms with van der Waals surface area (Å²) in [5.41, 5.74) is 0.119. The maximum Gasteiger partial charge on any atom is 0.191 e. The van der Waals surface area contributed by atoms with Crippen LogP contribution in [0.4, 0.5) is 0 Å². The van der Waals surface area contributed by atoms with E-state index >= 15 is 0 Å². The molecule has 2 N–H and O–H groups in total. The third-order valence-electron chi connectivity index (χ3n) is 5.30. The Bertz CT molecular complexity index is 397. The van der Waals surface area contributed by atoms with Crippen LogP contribution in [0, 0.1) is 0 Å². The molecule has 2 heterocycles. The third kappa shape index (κ3) is 7.84. The summed E-state index contributed by atoms with van der Waals surface area (Å²) < 4.78 is 10.9. The molecule has 0 unspecified atom stereocenters. The normalized spacial score (nSPS) is 21.3. The standard InChI is InChI=1S/C18H37N5O2.HI/c1-4-19-17(20-8-5-9-23-10-14-25-15-11-23)21-16-18(22(2)3)6-12-24-13-7-18;/h4-16H2,1-3H3,(H2,19,20,21);1H. The molecule has 2 fully saturated rings. The van der Waals surface area contributed by atoms with Gasteiger partial charge >= 0.3 is 0 Å². The fourth-order valence-corrected chi connectivity index (χ4v) is 3.40. The summed E-state index contributed by atoms with van der Waals surface area (Å²) in [5.74, 6) is 0.928. The van der Waals surface area contributed by atoms with Crippen LogP contribution in [0.2, 0.25) is 0 Å². The van der Waals surface area contributed by atoms with Crippen LogP contribution >= 0.6 is 24.0 Å². The van der Waals surface area contributed by atoms with E-state index in [9.17, 15) is 0 Å². The Morgan fingerprint density at radius 2 is 1.73 bits per heavy atom. The van der Waals surface area contributed by atoms with E-state index in [-0.39, 0.29) is 29.5 Å². The number of nitrogens with zero attached hydrogens (tertiary/aromatic N) is 3. The highest BCUT2D eigenvalue weighted by Gasteiger charge is 2.34. The van der Waals surface area contributed by atoms with Gasteiger partial charge in [-0.1, -0.05) is 0 Å². The highest BCUT2D eigenvalue weighted by Crippen LogP contribution is 2.26. The predicted octanol–water partition coefficient (Wildman–Crippen LogP) is 0.993. The first-order valence-electron chi connectivity index (χ1n) is 9.74. The summed E-state index contributed by atoms with van der Waals surface area (Å²) in [6.07, 6.45) is 3.21. The van der Waals surface area contributed by atoms with Crippen LogP contribution in [-0.2, 0) is 9.47 Å². The average Bonchev–Trinajstić information content (AvgIpc) is 2.64. The van der Waals surface area contributed by atoms with E-state index in [1.807, 2.05) is 0 Å². The number of likely N-dealkylation sites (N-methyl/N-ethyl adjacent to an activating group) is 1. The Morgan fingerprint density at radius 1 is 1.08 bits per heavy atom. The van der Waals surface area contributed by atoms with Gasteiger partial charge in [-0.15, -0.1) is 24.0 Å². The van der Waals surface area contributed by atoms with Gasteiger partial charge in [0.05, 0.1) is 19.8 Å². The van der Waals surface area contributed by atoms with Gasteiger partial charge in [0.25, 0.3) is 0 Å². The zero-order valence-electron chi connectivity index (χ0n) is 16.8. The maximum atomic E-state index is 5.55. The quantitative estimate of drug-likeness (QED) is 0.233. The molecule has 2 rings (SSSR count). The molecule has 0 atom stereocenters. The van der Waals surface area contributed by atoms with Crippen molar-refractivity contribution in [1.82, 2.24) is 20.4 Å². The molecule has 0 aromatic heterocycles. The summed E-state index contributed by atoms with van der Waals surface area (Å²) in [4.78, 5) is 9.67. The fourth-order valence-electron chi connectivity index (χ4n) is 3.40. The molecule has 154 valence electrons. The van der Waals surface area contributed by atoms with Crippen molar-refractivity contribution in [1.29, 1.82) is 0 Å². The second kappa shape index (κ2) is 13.1. The lowest BCUT2D eigenvalue weighted by molar-refractivity contribution is -0.00254. The van der Waals surface area contributed by atoms with Gasteiger partial charge in [0, 0.05) is 44.9 Å². The number of rotatable bonds is 8. The Balaban J connectivity index is 0.00000338. The van der Waals surface area contributed by atoms with Gasteiger partial charge in [0.1, 0.15) is 0 Å². The molecule has 0 radical (unpaired) electrons. The van der Waals surface area contributed by atoms with Gasteiger partial charge in [-0.2, -0.15) is 0 Å². The second-order valence-electron chi connectivity index (χ2n) is 7.16. The molecule has 0 saturated carbocycles. The van der Waals surface area contributed by atoms with Gasteiger partial charge in [0.15, 0.2) is 5.96 Å². The van der Waals surface area contributed by atoms with Crippen LogP contribution in [0.1, 0.15) is 26.2 Å². The second-order valence-corrected chi connectivity index (χ2v) is 7.16. The van der Waals surface area contributed by atoms with E-state index in [0.717, 1.165) is 90.9 Å². The number of aliphatic imine (C=N–C) groups is 1. The van der Waals surface area contributed by atoms with E-state index in [1.54, 1.807) is 0 Å². The fraction of sp³-hybridized carbons (Fsp3) is 0.944. The van der Waals surface area contributed by atoms with Crippen LogP contribution in [-0.4, -0.2) is 101 Å². The van der Waals surface area contributed by atoms with Gasteiger partial charge in [-0.05, 0) is 46.8 Å². The molecule has 0 aromatic rings. The first-order chi connectivity index (χ1) is 12.2. The molecule has 26 heavy (non-hydrogen) atoms. The van der Waals surface area contributed by atoms with Crippen molar-refractivity contribution in [2.24, 2.45) is 4.99 Å². The number of hydrogen-bond donors (Lipinski definition) is 2. The van der Waals surface area contributed by atoms with Crippen LogP contribution in [0.3, 0.4) is 0 Å². The van der Waals surface area contributed by atoms with Crippen molar-refractivity contribution >= 4 is 29.9 Å². The first-order valence-corrected chi connectivity index (χ1v) is 9.74. The molecular formula is C18H38IN5O2. The highest BCUT2D eigenvalue weighted by atomic mass is 127. The molecule has 0 spiro atoms. The van der Waals surface area contributed by atoms with E-state index < -0.39 is 0 Å². The van der Waals surface area contributed by atoms with Gasteiger partial charge < -0.3 is 25.0 Å².